The standard InChI is InChI=1S/C102H102O13P/c1-103-102-101(112-74-84-54-30-10-31-55-84)100(111-73-83-52-28-9-29-53-83)96(107-69-79-44-20-5-21-45-79)91(115-102)65-64-89-94(105-67-77-40-16-3-17-41-77)98(109-71-81-48-24-7-25-49-81)93(104-66-76-38-14-2-15-39-76)88(113-89)62-63-90-95(106-68-78-42-18-4-19-43-78)99(110-72-82-50-26-8-27-51-82)97(108-70-80-46-22-6-23-47-80)92(114-90)75-116(85-56-32-11-33-57-85,86-58-34-12-35-59-86)87-60-36-13-37-61-87/h2-65,88-102H,66-75H2,1H3/q+1/t88-,89+,90+,91-,92-,93-,94+,95+,96-,97-,98+,99-,100+,101-,102+/m1/s1. The molecule has 0 saturated carbocycles. The Morgan fingerprint density at radius 1 is 0.216 bits per heavy atom. The Kier molecular flexibility index (Phi) is 29.6. The van der Waals surface area contributed by atoms with Crippen molar-refractivity contribution in [1.82, 2.24) is 0 Å². The third-order valence-electron chi connectivity index (χ3n) is 21.6. The molecule has 15 atom stereocenters. The zero-order chi connectivity index (χ0) is 78.6. The molecule has 3 saturated heterocycles. The molecule has 116 heavy (non-hydrogen) atoms. The minimum absolute atomic E-state index is 0.216. The molecule has 0 aromatic heterocycles. The maximum Gasteiger partial charge on any atom is 0.186 e. The van der Waals surface area contributed by atoms with Crippen molar-refractivity contribution >= 4 is 23.2 Å². The van der Waals surface area contributed by atoms with Gasteiger partial charge in [-0.25, -0.2) is 0 Å². The number of benzene rings is 12. The molecule has 0 aliphatic carbocycles. The van der Waals surface area contributed by atoms with E-state index in [9.17, 15) is 0 Å². The van der Waals surface area contributed by atoms with E-state index in [1.54, 1.807) is 7.11 Å². The quantitative estimate of drug-likeness (QED) is 0.0272. The van der Waals surface area contributed by atoms with Crippen LogP contribution in [0, 0.1) is 0 Å². The first kappa shape index (κ1) is 81.2. The molecule has 3 aliphatic rings. The van der Waals surface area contributed by atoms with Gasteiger partial charge >= 0.3 is 0 Å². The largest absolute Gasteiger partial charge is 0.368 e. The van der Waals surface area contributed by atoms with Gasteiger partial charge in [-0.15, -0.1) is 0 Å². The molecule has 0 N–H and O–H groups in total. The fourth-order valence-electron chi connectivity index (χ4n) is 15.8. The van der Waals surface area contributed by atoms with Crippen molar-refractivity contribution in [2.45, 2.75) is 151 Å². The molecule has 0 unspecified atom stereocenters. The van der Waals surface area contributed by atoms with Crippen LogP contribution in [0.25, 0.3) is 0 Å². The zero-order valence-corrected chi connectivity index (χ0v) is 66.3. The van der Waals surface area contributed by atoms with Crippen molar-refractivity contribution in [1.29, 1.82) is 0 Å². The van der Waals surface area contributed by atoms with Crippen molar-refractivity contribution < 1.29 is 61.6 Å². The first-order valence-electron chi connectivity index (χ1n) is 40.3. The molecule has 14 heteroatoms. The number of rotatable bonds is 37. The van der Waals surface area contributed by atoms with E-state index in [4.69, 9.17) is 61.6 Å². The molecule has 12 aromatic carbocycles. The summed E-state index contributed by atoms with van der Waals surface area (Å²) in [5.74, 6) is 0. The van der Waals surface area contributed by atoms with Gasteiger partial charge in [0.1, 0.15) is 115 Å². The number of hydrogen-bond donors (Lipinski definition) is 0. The fourth-order valence-corrected chi connectivity index (χ4v) is 20.2. The highest BCUT2D eigenvalue weighted by atomic mass is 31.2. The average molecular weight is 1570 g/mol. The molecule has 12 aromatic rings. The highest BCUT2D eigenvalue weighted by Crippen LogP contribution is 2.57. The lowest BCUT2D eigenvalue weighted by atomic mass is 9.90. The van der Waals surface area contributed by atoms with E-state index in [2.05, 4.69) is 212 Å². The van der Waals surface area contributed by atoms with E-state index < -0.39 is 99.0 Å². The van der Waals surface area contributed by atoms with E-state index >= 15 is 0 Å². The second-order valence-electron chi connectivity index (χ2n) is 29.5. The first-order chi connectivity index (χ1) is 57.5. The lowest BCUT2D eigenvalue weighted by Gasteiger charge is -2.47. The molecule has 592 valence electrons. The van der Waals surface area contributed by atoms with E-state index in [1.165, 1.54) is 15.9 Å². The molecular weight excluding hydrogens is 1460 g/mol. The average Bonchev–Trinajstić information content (AvgIpc) is 0.739. The van der Waals surface area contributed by atoms with Crippen LogP contribution in [0.3, 0.4) is 0 Å². The van der Waals surface area contributed by atoms with E-state index in [1.807, 2.05) is 176 Å². The summed E-state index contributed by atoms with van der Waals surface area (Å²) in [4.78, 5) is 0. The minimum Gasteiger partial charge on any atom is -0.368 e. The highest BCUT2D eigenvalue weighted by molar-refractivity contribution is 7.95. The number of ether oxygens (including phenoxy) is 13. The van der Waals surface area contributed by atoms with Crippen molar-refractivity contribution in [3.63, 3.8) is 0 Å². The van der Waals surface area contributed by atoms with Crippen molar-refractivity contribution in [3.8, 4) is 0 Å². The summed E-state index contributed by atoms with van der Waals surface area (Å²) in [5, 5.41) is 3.61. The van der Waals surface area contributed by atoms with E-state index in [-0.39, 0.29) is 59.5 Å². The normalized spacial score (nSPS) is 23.6. The molecule has 0 bridgehead atoms. The van der Waals surface area contributed by atoms with Crippen LogP contribution < -0.4 is 15.9 Å². The van der Waals surface area contributed by atoms with Crippen LogP contribution in [0.5, 0.6) is 0 Å². The van der Waals surface area contributed by atoms with Crippen molar-refractivity contribution in [3.05, 3.63) is 438 Å². The third-order valence-corrected chi connectivity index (χ3v) is 26.1. The Bertz CT molecular complexity index is 4730. The predicted molar refractivity (Wildman–Crippen MR) is 456 cm³/mol. The summed E-state index contributed by atoms with van der Waals surface area (Å²) in [5.41, 5.74) is 8.85. The Labute approximate surface area is 683 Å². The Balaban J connectivity index is 0.883. The molecule has 0 spiro atoms. The van der Waals surface area contributed by atoms with Gasteiger partial charge in [0.2, 0.25) is 0 Å². The summed E-state index contributed by atoms with van der Waals surface area (Å²) >= 11 is 0. The lowest BCUT2D eigenvalue weighted by Crippen LogP contribution is -2.62. The van der Waals surface area contributed by atoms with E-state index in [0.29, 0.717) is 6.16 Å². The highest BCUT2D eigenvalue weighted by Gasteiger charge is 2.56. The smallest absolute Gasteiger partial charge is 0.186 e. The molecule has 0 radical (unpaired) electrons. The monoisotopic (exact) mass is 1570 g/mol. The van der Waals surface area contributed by atoms with Gasteiger partial charge in [0, 0.05) is 7.11 Å². The van der Waals surface area contributed by atoms with Crippen LogP contribution in [-0.4, -0.2) is 105 Å². The SMILES string of the molecule is CO[C@H]1O[C@H](C=C[C@@H]2O[C@H](C=C[C@@H]3O[C@H](C[P+](c4ccccc4)(c4ccccc4)c4ccccc4)[C@@H](OCc4ccccc4)[C@H](OCc4ccccc4)[C@H]3OCc3ccccc3)[C@@H](OCc3ccccc3)[C@H](OCc3ccccc3)[C@H]2OCc2ccccc2)[C@@H](OCc2ccccc2)[C@H](OCc2ccccc2)[C@H]1OCc1ccccc1. The van der Waals surface area contributed by atoms with Crippen LogP contribution in [0.15, 0.2) is 388 Å². The molecule has 0 amide bonds. The second-order valence-corrected chi connectivity index (χ2v) is 33.1. The first-order valence-corrected chi connectivity index (χ1v) is 42.3. The van der Waals surface area contributed by atoms with Crippen molar-refractivity contribution in [2.24, 2.45) is 0 Å². The Hall–Kier alpha value is -9.97. The fraction of sp³-hybridized carbons (Fsp3) is 0.255. The molecular formula is C102H102O13P+. The van der Waals surface area contributed by atoms with Gasteiger partial charge in [-0.2, -0.15) is 0 Å². The third kappa shape index (κ3) is 21.6. The zero-order valence-electron chi connectivity index (χ0n) is 65.4. The van der Waals surface area contributed by atoms with Gasteiger partial charge in [-0.3, -0.25) is 0 Å². The van der Waals surface area contributed by atoms with Crippen LogP contribution in [0.4, 0.5) is 0 Å². The van der Waals surface area contributed by atoms with Gasteiger partial charge in [0.25, 0.3) is 0 Å². The summed E-state index contributed by atoms with van der Waals surface area (Å²) in [6.07, 6.45) is -3.06. The van der Waals surface area contributed by atoms with E-state index in [0.717, 1.165) is 50.1 Å². The second kappa shape index (κ2) is 42.2. The number of hydrogen-bond acceptors (Lipinski definition) is 13. The molecule has 13 nitrogen and oxygen atoms in total. The summed E-state index contributed by atoms with van der Waals surface area (Å²) < 4.78 is 95.9. The molecule has 3 fully saturated rings. The summed E-state index contributed by atoms with van der Waals surface area (Å²) in [6.45, 7) is 2.20. The Morgan fingerprint density at radius 3 is 0.655 bits per heavy atom. The summed E-state index contributed by atoms with van der Waals surface area (Å²) in [7, 11) is -1.05. The van der Waals surface area contributed by atoms with Gasteiger partial charge in [-0.1, -0.05) is 352 Å². The molecule has 3 heterocycles. The molecule has 15 rings (SSSR count). The van der Waals surface area contributed by atoms with Crippen LogP contribution in [0.2, 0.25) is 0 Å². The van der Waals surface area contributed by atoms with Gasteiger partial charge in [0.15, 0.2) is 6.29 Å². The lowest BCUT2D eigenvalue weighted by molar-refractivity contribution is -0.309. The maximum absolute atomic E-state index is 8.12. The van der Waals surface area contributed by atoms with Crippen LogP contribution in [0.1, 0.15) is 50.1 Å². The van der Waals surface area contributed by atoms with Crippen LogP contribution in [-0.2, 0) is 121 Å². The van der Waals surface area contributed by atoms with Crippen LogP contribution >= 0.6 is 7.26 Å². The number of methoxy groups -OCH3 is 1. The predicted octanol–water partition coefficient (Wildman–Crippen LogP) is 18.3. The minimum atomic E-state index is -2.69. The van der Waals surface area contributed by atoms with Crippen molar-refractivity contribution in [2.75, 3.05) is 13.3 Å². The Morgan fingerprint density at radius 2 is 0.405 bits per heavy atom. The maximum atomic E-state index is 8.12. The topological polar surface area (TPSA) is 120 Å². The van der Waals surface area contributed by atoms with Gasteiger partial charge in [0.05, 0.1) is 59.5 Å². The molecule has 3 aliphatic heterocycles. The van der Waals surface area contributed by atoms with Gasteiger partial charge in [-0.05, 0) is 86.5 Å². The summed E-state index contributed by atoms with van der Waals surface area (Å²) in [6, 6.07) is 125. The van der Waals surface area contributed by atoms with Gasteiger partial charge < -0.3 is 61.6 Å².